The average Bonchev–Trinajstić information content (AvgIpc) is 2.65. The smallest absolute Gasteiger partial charge is 0.475 e. The number of carbonyl (C=O) groups is 2. The Morgan fingerprint density at radius 1 is 1.29 bits per heavy atom. The first kappa shape index (κ1) is 15.0. The fourth-order valence-corrected chi connectivity index (χ4v) is 0.603. The van der Waals surface area contributed by atoms with Crippen LogP contribution in [-0.2, 0) is 11.3 Å². The molecule has 0 bridgehead atoms. The molecule has 0 atom stereocenters. The van der Waals surface area contributed by atoms with Crippen molar-refractivity contribution in [3.63, 3.8) is 0 Å². The molecule has 0 aliphatic rings. The Morgan fingerprint density at radius 2 is 1.76 bits per heavy atom. The number of carboxylic acid groups (broad SMARTS) is 2. The van der Waals surface area contributed by atoms with Gasteiger partial charge in [-0.25, -0.2) is 9.59 Å². The lowest BCUT2D eigenvalue weighted by Gasteiger charge is -1.93. The maximum absolute atomic E-state index is 10.6. The Hall–Kier alpha value is -2.03. The van der Waals surface area contributed by atoms with Crippen LogP contribution in [0, 0.1) is 0 Å². The Bertz CT molecular complexity index is 398. The molecule has 0 aliphatic heterocycles. The highest BCUT2D eigenvalue weighted by Crippen LogP contribution is 2.13. The van der Waals surface area contributed by atoms with Crippen molar-refractivity contribution in [1.29, 1.82) is 0 Å². The zero-order chi connectivity index (χ0) is 13.6. The minimum absolute atomic E-state index is 0.0690. The van der Waals surface area contributed by atoms with E-state index in [9.17, 15) is 18.0 Å². The molecular weight excluding hydrogens is 247 g/mol. The molecule has 0 aliphatic carbocycles. The van der Waals surface area contributed by atoms with Gasteiger partial charge in [-0.15, -0.1) is 0 Å². The Morgan fingerprint density at radius 3 is 1.94 bits per heavy atom. The molecule has 1 aromatic heterocycles. The van der Waals surface area contributed by atoms with Crippen LogP contribution in [-0.4, -0.2) is 28.3 Å². The van der Waals surface area contributed by atoms with Crippen molar-refractivity contribution < 1.29 is 37.4 Å². The molecule has 0 unspecified atom stereocenters. The summed E-state index contributed by atoms with van der Waals surface area (Å²) in [5, 5.41) is 15.5. The third-order valence-electron chi connectivity index (χ3n) is 1.32. The van der Waals surface area contributed by atoms with Crippen molar-refractivity contribution in [1.82, 2.24) is 0 Å². The van der Waals surface area contributed by atoms with Crippen molar-refractivity contribution in [3.05, 3.63) is 23.7 Å². The molecule has 0 aromatic carbocycles. The molecule has 0 amide bonds. The molecule has 0 fully saturated rings. The number of aliphatic carboxylic acids is 1. The van der Waals surface area contributed by atoms with Gasteiger partial charge in [-0.05, 0) is 12.1 Å². The zero-order valence-electron chi connectivity index (χ0n) is 8.19. The number of carboxylic acids is 2. The number of rotatable bonds is 2. The lowest BCUT2D eigenvalue weighted by molar-refractivity contribution is -0.192. The fourth-order valence-electron chi connectivity index (χ4n) is 0.603. The van der Waals surface area contributed by atoms with Gasteiger partial charge in [0.1, 0.15) is 5.76 Å². The van der Waals surface area contributed by atoms with Crippen LogP contribution >= 0.6 is 0 Å². The summed E-state index contributed by atoms with van der Waals surface area (Å²) >= 11 is 0. The second kappa shape index (κ2) is 5.89. The number of hydrogen-bond acceptors (Lipinski definition) is 4. The van der Waals surface area contributed by atoms with Crippen molar-refractivity contribution in [2.45, 2.75) is 12.7 Å². The summed E-state index contributed by atoms with van der Waals surface area (Å²) in [5.41, 5.74) is 5.18. The lowest BCUT2D eigenvalue weighted by Crippen LogP contribution is -2.21. The number of furan rings is 1. The first-order valence-corrected chi connectivity index (χ1v) is 4.00. The maximum Gasteiger partial charge on any atom is 0.490 e. The van der Waals surface area contributed by atoms with Gasteiger partial charge in [0, 0.05) is 0 Å². The highest BCUT2D eigenvalue weighted by atomic mass is 19.4. The minimum atomic E-state index is -5.08. The molecule has 0 saturated heterocycles. The molecule has 96 valence electrons. The van der Waals surface area contributed by atoms with E-state index in [1.54, 1.807) is 6.07 Å². The van der Waals surface area contributed by atoms with Gasteiger partial charge in [0.2, 0.25) is 5.76 Å². The van der Waals surface area contributed by atoms with Crippen LogP contribution in [0.15, 0.2) is 16.5 Å². The first-order valence-electron chi connectivity index (χ1n) is 4.00. The van der Waals surface area contributed by atoms with E-state index >= 15 is 0 Å². The van der Waals surface area contributed by atoms with Gasteiger partial charge in [-0.2, -0.15) is 13.2 Å². The number of hydrogen-bond donors (Lipinski definition) is 3. The summed E-state index contributed by atoms with van der Waals surface area (Å²) < 4.78 is 36.5. The highest BCUT2D eigenvalue weighted by Gasteiger charge is 2.38. The van der Waals surface area contributed by atoms with E-state index in [4.69, 9.17) is 25.2 Å². The third-order valence-corrected chi connectivity index (χ3v) is 1.32. The van der Waals surface area contributed by atoms with Gasteiger partial charge in [0.25, 0.3) is 0 Å². The molecule has 9 heteroatoms. The molecule has 0 saturated carbocycles. The van der Waals surface area contributed by atoms with E-state index in [1.165, 1.54) is 6.07 Å². The number of aromatic carboxylic acids is 1. The first-order chi connectivity index (χ1) is 7.68. The standard InChI is InChI=1S/C6H7NO3.C2HF3O2/c7-3-4-1-2-5(10-4)6(8)9;3-2(4,5)1(6)7/h1-2H,3,7H2,(H,8,9);(H,6,7). The summed E-state index contributed by atoms with van der Waals surface area (Å²) in [6, 6.07) is 2.92. The molecule has 1 aromatic rings. The minimum Gasteiger partial charge on any atom is -0.475 e. The largest absolute Gasteiger partial charge is 0.490 e. The van der Waals surface area contributed by atoms with Crippen LogP contribution in [0.3, 0.4) is 0 Å². The zero-order valence-corrected chi connectivity index (χ0v) is 8.19. The summed E-state index contributed by atoms with van der Waals surface area (Å²) in [4.78, 5) is 19.1. The molecule has 0 radical (unpaired) electrons. The van der Waals surface area contributed by atoms with Crippen molar-refractivity contribution in [2.75, 3.05) is 0 Å². The van der Waals surface area contributed by atoms with Crippen molar-refractivity contribution >= 4 is 11.9 Å². The van der Waals surface area contributed by atoms with E-state index < -0.39 is 18.1 Å². The Kier molecular flexibility index (Phi) is 5.19. The monoisotopic (exact) mass is 255 g/mol. The molecule has 4 N–H and O–H groups in total. The number of nitrogens with two attached hydrogens (primary N) is 1. The van der Waals surface area contributed by atoms with Crippen molar-refractivity contribution in [2.24, 2.45) is 5.73 Å². The van der Waals surface area contributed by atoms with E-state index in [0.29, 0.717) is 5.76 Å². The van der Waals surface area contributed by atoms with Crippen LogP contribution in [0.2, 0.25) is 0 Å². The van der Waals surface area contributed by atoms with E-state index in [-0.39, 0.29) is 12.3 Å². The summed E-state index contributed by atoms with van der Waals surface area (Å²) in [6.07, 6.45) is -5.08. The van der Waals surface area contributed by atoms with Gasteiger partial charge in [-0.1, -0.05) is 0 Å². The number of alkyl halides is 3. The summed E-state index contributed by atoms with van der Waals surface area (Å²) in [5.74, 6) is -3.41. The SMILES string of the molecule is NCc1ccc(C(=O)O)o1.O=C(O)C(F)(F)F. The second-order valence-electron chi connectivity index (χ2n) is 2.58. The van der Waals surface area contributed by atoms with Crippen LogP contribution in [0.1, 0.15) is 16.3 Å². The van der Waals surface area contributed by atoms with Crippen LogP contribution in [0.25, 0.3) is 0 Å². The Balaban J connectivity index is 0.000000325. The van der Waals surface area contributed by atoms with Gasteiger partial charge in [0.05, 0.1) is 6.54 Å². The second-order valence-corrected chi connectivity index (χ2v) is 2.58. The highest BCUT2D eigenvalue weighted by molar-refractivity contribution is 5.84. The van der Waals surface area contributed by atoms with Gasteiger partial charge < -0.3 is 20.4 Å². The summed E-state index contributed by atoms with van der Waals surface area (Å²) in [7, 11) is 0. The number of halogens is 3. The van der Waals surface area contributed by atoms with Gasteiger partial charge in [0.15, 0.2) is 0 Å². The molecule has 0 spiro atoms. The fraction of sp³-hybridized carbons (Fsp3) is 0.250. The molecule has 1 heterocycles. The van der Waals surface area contributed by atoms with Crippen molar-refractivity contribution in [3.8, 4) is 0 Å². The molecule has 1 rings (SSSR count). The molecule has 6 nitrogen and oxygen atoms in total. The quantitative estimate of drug-likeness (QED) is 0.728. The van der Waals surface area contributed by atoms with Gasteiger partial charge in [-0.3, -0.25) is 0 Å². The lowest BCUT2D eigenvalue weighted by atomic mass is 10.4. The molecular formula is C8H8F3NO5. The average molecular weight is 255 g/mol. The summed E-state index contributed by atoms with van der Waals surface area (Å²) in [6.45, 7) is 0.229. The molecule has 17 heavy (non-hydrogen) atoms. The maximum atomic E-state index is 10.6. The van der Waals surface area contributed by atoms with Crippen LogP contribution in [0.5, 0.6) is 0 Å². The normalized spacial score (nSPS) is 10.4. The van der Waals surface area contributed by atoms with E-state index in [1.807, 2.05) is 0 Å². The van der Waals surface area contributed by atoms with Gasteiger partial charge >= 0.3 is 18.1 Å². The predicted molar refractivity (Wildman–Crippen MR) is 47.2 cm³/mol. The third kappa shape index (κ3) is 5.56. The van der Waals surface area contributed by atoms with Crippen LogP contribution in [0.4, 0.5) is 13.2 Å². The van der Waals surface area contributed by atoms with E-state index in [0.717, 1.165) is 0 Å². The topological polar surface area (TPSA) is 114 Å². The van der Waals surface area contributed by atoms with E-state index in [2.05, 4.69) is 0 Å². The van der Waals surface area contributed by atoms with Crippen LogP contribution < -0.4 is 5.73 Å². The predicted octanol–water partition coefficient (Wildman–Crippen LogP) is 1.07. The Labute approximate surface area is 92.4 Å².